The van der Waals surface area contributed by atoms with Gasteiger partial charge in [0.05, 0.1) is 23.3 Å². The molecule has 1 aliphatic heterocycles. The Morgan fingerprint density at radius 1 is 0.944 bits per heavy atom. The first-order valence-electron chi connectivity index (χ1n) is 11.3. The zero-order chi connectivity index (χ0) is 25.1. The molecule has 0 atom stereocenters. The third kappa shape index (κ3) is 5.24. The van der Waals surface area contributed by atoms with Gasteiger partial charge in [-0.05, 0) is 37.4 Å². The highest BCUT2D eigenvalue weighted by atomic mass is 32.2. The van der Waals surface area contributed by atoms with Gasteiger partial charge in [-0.3, -0.25) is 14.7 Å². The van der Waals surface area contributed by atoms with Crippen molar-refractivity contribution in [3.05, 3.63) is 67.1 Å². The third-order valence-electron chi connectivity index (χ3n) is 5.81. The summed E-state index contributed by atoms with van der Waals surface area (Å²) in [6, 6.07) is 8.89. The lowest BCUT2D eigenvalue weighted by atomic mass is 10.2. The van der Waals surface area contributed by atoms with Crippen molar-refractivity contribution in [1.82, 2.24) is 29.8 Å². The molecule has 2 N–H and O–H groups in total. The van der Waals surface area contributed by atoms with E-state index in [0.717, 1.165) is 48.5 Å². The Bertz CT molecular complexity index is 1500. The minimum Gasteiger partial charge on any atom is -0.354 e. The van der Waals surface area contributed by atoms with Crippen LogP contribution in [0, 0.1) is 0 Å². The average Bonchev–Trinajstić information content (AvgIpc) is 2.89. The Kier molecular flexibility index (Phi) is 6.44. The average molecular weight is 504 g/mol. The zero-order valence-electron chi connectivity index (χ0n) is 19.7. The van der Waals surface area contributed by atoms with Crippen LogP contribution in [0.3, 0.4) is 0 Å². The van der Waals surface area contributed by atoms with E-state index in [9.17, 15) is 8.42 Å². The smallest absolute Gasteiger partial charge is 0.254 e. The number of fused-ring (bicyclic) bond motifs is 1. The van der Waals surface area contributed by atoms with Crippen molar-refractivity contribution in [2.24, 2.45) is 0 Å². The number of sulfonamides is 1. The molecule has 1 fully saturated rings. The van der Waals surface area contributed by atoms with Crippen LogP contribution in [-0.4, -0.2) is 71.5 Å². The number of hydrogen-bond donors (Lipinski definition) is 2. The van der Waals surface area contributed by atoms with Crippen LogP contribution < -0.4 is 14.9 Å². The fourth-order valence-corrected chi connectivity index (χ4v) is 4.38. The van der Waals surface area contributed by atoms with Crippen LogP contribution in [0.4, 0.5) is 23.1 Å². The van der Waals surface area contributed by atoms with Crippen molar-refractivity contribution < 1.29 is 8.42 Å². The van der Waals surface area contributed by atoms with Crippen molar-refractivity contribution in [2.45, 2.75) is 0 Å². The molecule has 184 valence electrons. The molecule has 11 nitrogen and oxygen atoms in total. The third-order valence-corrected chi connectivity index (χ3v) is 6.77. The maximum Gasteiger partial charge on any atom is 0.254 e. The van der Waals surface area contributed by atoms with Gasteiger partial charge in [-0.25, -0.2) is 23.4 Å². The quantitative estimate of drug-likeness (QED) is 0.388. The summed E-state index contributed by atoms with van der Waals surface area (Å²) in [5.74, 6) is 1.33. The number of anilines is 4. The predicted octanol–water partition coefficient (Wildman–Crippen LogP) is 2.86. The number of piperazine rings is 1. The Morgan fingerprint density at radius 2 is 1.75 bits per heavy atom. The number of nitrogens with zero attached hydrogens (tertiary/aromatic N) is 7. The maximum absolute atomic E-state index is 11.9. The van der Waals surface area contributed by atoms with Gasteiger partial charge in [0.2, 0.25) is 5.95 Å². The molecule has 5 rings (SSSR count). The number of hydrogen-bond acceptors (Lipinski definition) is 10. The van der Waals surface area contributed by atoms with Gasteiger partial charge in [-0.15, -0.1) is 0 Å². The SMILES string of the molecule is C=CS(=O)(=O)Nc1ccnc(-c2nccc3cnc(Nc4ccc(N5CCN(C)CC5)nc4)nc23)c1. The molecule has 4 aromatic rings. The summed E-state index contributed by atoms with van der Waals surface area (Å²) in [6.45, 7) is 7.24. The van der Waals surface area contributed by atoms with Gasteiger partial charge in [0.1, 0.15) is 17.0 Å². The van der Waals surface area contributed by atoms with Crippen molar-refractivity contribution in [3.63, 3.8) is 0 Å². The first kappa shape index (κ1) is 23.6. The highest BCUT2D eigenvalue weighted by Gasteiger charge is 2.16. The van der Waals surface area contributed by atoms with E-state index in [-0.39, 0.29) is 0 Å². The molecule has 0 spiro atoms. The summed E-state index contributed by atoms with van der Waals surface area (Å²) >= 11 is 0. The van der Waals surface area contributed by atoms with E-state index < -0.39 is 10.0 Å². The number of likely N-dealkylation sites (N-methyl/N-ethyl adjacent to an activating group) is 1. The molecule has 0 aliphatic carbocycles. The summed E-state index contributed by atoms with van der Waals surface area (Å²) in [4.78, 5) is 27.1. The van der Waals surface area contributed by atoms with Gasteiger partial charge in [0.25, 0.3) is 10.0 Å². The van der Waals surface area contributed by atoms with Crippen LogP contribution in [0.2, 0.25) is 0 Å². The molecule has 0 saturated carbocycles. The molecule has 4 aromatic heterocycles. The summed E-state index contributed by atoms with van der Waals surface area (Å²) in [6.07, 6.45) is 6.61. The van der Waals surface area contributed by atoms with Gasteiger partial charge in [-0.1, -0.05) is 6.58 Å². The van der Waals surface area contributed by atoms with E-state index in [1.807, 2.05) is 12.1 Å². The predicted molar refractivity (Wildman–Crippen MR) is 141 cm³/mol. The molecule has 0 aromatic carbocycles. The monoisotopic (exact) mass is 503 g/mol. The molecule has 36 heavy (non-hydrogen) atoms. The first-order chi connectivity index (χ1) is 17.4. The Labute approximate surface area is 209 Å². The molecule has 5 heterocycles. The minimum absolute atomic E-state index is 0.345. The standard InChI is InChI=1S/C24H25N9O2S/c1-3-36(34,35)31-18-7-9-25-20(14-18)23-22-17(6-8-26-23)15-28-24(30-22)29-19-4-5-21(27-16-19)33-12-10-32(2)11-13-33/h3-9,14-16H,1,10-13H2,2H3,(H,25,31)(H,28,29,30). The molecular weight excluding hydrogens is 478 g/mol. The first-order valence-corrected chi connectivity index (χ1v) is 12.8. The molecule has 1 aliphatic rings. The van der Waals surface area contributed by atoms with Crippen LogP contribution in [0.25, 0.3) is 22.3 Å². The fourth-order valence-electron chi connectivity index (χ4n) is 3.84. The molecule has 1 saturated heterocycles. The number of aromatic nitrogens is 5. The van der Waals surface area contributed by atoms with E-state index in [2.05, 4.69) is 58.4 Å². The van der Waals surface area contributed by atoms with Crippen LogP contribution in [0.15, 0.2) is 67.1 Å². The minimum atomic E-state index is -3.65. The summed E-state index contributed by atoms with van der Waals surface area (Å²) in [5.41, 5.74) is 2.65. The molecule has 12 heteroatoms. The maximum atomic E-state index is 11.9. The Balaban J connectivity index is 1.40. The van der Waals surface area contributed by atoms with E-state index in [0.29, 0.717) is 28.5 Å². The summed E-state index contributed by atoms with van der Waals surface area (Å²) < 4.78 is 26.2. The summed E-state index contributed by atoms with van der Waals surface area (Å²) in [5, 5.41) is 4.82. The molecule has 0 bridgehead atoms. The van der Waals surface area contributed by atoms with Crippen LogP contribution in [0.1, 0.15) is 0 Å². The van der Waals surface area contributed by atoms with Gasteiger partial charge in [0, 0.05) is 55.6 Å². The summed E-state index contributed by atoms with van der Waals surface area (Å²) in [7, 11) is -1.52. The van der Waals surface area contributed by atoms with Gasteiger partial charge < -0.3 is 15.1 Å². The number of nitrogens with one attached hydrogen (secondary N) is 2. The van der Waals surface area contributed by atoms with Crippen molar-refractivity contribution in [2.75, 3.05) is 48.2 Å². The van der Waals surface area contributed by atoms with E-state index in [1.54, 1.807) is 36.8 Å². The highest BCUT2D eigenvalue weighted by Crippen LogP contribution is 2.27. The van der Waals surface area contributed by atoms with Crippen molar-refractivity contribution >= 4 is 44.1 Å². The van der Waals surface area contributed by atoms with Gasteiger partial charge in [-0.2, -0.15) is 0 Å². The highest BCUT2D eigenvalue weighted by molar-refractivity contribution is 7.95. The lowest BCUT2D eigenvalue weighted by molar-refractivity contribution is 0.312. The molecule has 0 amide bonds. The Morgan fingerprint density at radius 3 is 2.50 bits per heavy atom. The van der Waals surface area contributed by atoms with E-state index in [4.69, 9.17) is 0 Å². The van der Waals surface area contributed by atoms with Gasteiger partial charge in [0.15, 0.2) is 0 Å². The van der Waals surface area contributed by atoms with Gasteiger partial charge >= 0.3 is 0 Å². The topological polar surface area (TPSA) is 129 Å². The number of rotatable bonds is 7. The van der Waals surface area contributed by atoms with E-state index in [1.165, 1.54) is 6.20 Å². The normalized spacial score (nSPS) is 14.5. The zero-order valence-corrected chi connectivity index (χ0v) is 20.5. The fraction of sp³-hybridized carbons (Fsp3) is 0.208. The molecule has 0 unspecified atom stereocenters. The number of pyridine rings is 3. The van der Waals surface area contributed by atoms with Crippen molar-refractivity contribution in [1.29, 1.82) is 0 Å². The van der Waals surface area contributed by atoms with Crippen LogP contribution >= 0.6 is 0 Å². The Hall–Kier alpha value is -4.16. The van der Waals surface area contributed by atoms with E-state index >= 15 is 0 Å². The molecule has 0 radical (unpaired) electrons. The second-order valence-corrected chi connectivity index (χ2v) is 9.98. The lowest BCUT2D eigenvalue weighted by Gasteiger charge is -2.33. The van der Waals surface area contributed by atoms with Crippen LogP contribution in [-0.2, 0) is 10.0 Å². The largest absolute Gasteiger partial charge is 0.354 e. The second kappa shape index (κ2) is 9.84. The second-order valence-electron chi connectivity index (χ2n) is 8.35. The molecular formula is C24H25N9O2S. The van der Waals surface area contributed by atoms with Crippen molar-refractivity contribution in [3.8, 4) is 11.4 Å². The van der Waals surface area contributed by atoms with Crippen LogP contribution in [0.5, 0.6) is 0 Å². The lowest BCUT2D eigenvalue weighted by Crippen LogP contribution is -2.44.